The van der Waals surface area contributed by atoms with Gasteiger partial charge < -0.3 is 14.2 Å². The van der Waals surface area contributed by atoms with E-state index in [9.17, 15) is 9.18 Å². The molecular weight excluding hydrogens is 349 g/mol. The lowest BCUT2D eigenvalue weighted by Crippen LogP contribution is -2.06. The molecule has 5 nitrogen and oxygen atoms in total. The van der Waals surface area contributed by atoms with E-state index in [-0.39, 0.29) is 22.2 Å². The third-order valence-corrected chi connectivity index (χ3v) is 3.86. The van der Waals surface area contributed by atoms with Crippen LogP contribution < -0.4 is 9.47 Å². The van der Waals surface area contributed by atoms with Crippen LogP contribution >= 0.6 is 11.6 Å². The highest BCUT2D eigenvalue weighted by atomic mass is 35.5. The number of nitrogens with zero attached hydrogens (tertiary/aromatic N) is 1. The van der Waals surface area contributed by atoms with Crippen LogP contribution in [-0.2, 0) is 9.53 Å². The molecule has 0 aromatic heterocycles. The number of carbonyl (C=O) groups is 1. The van der Waals surface area contributed by atoms with Crippen LogP contribution in [0.25, 0.3) is 6.08 Å². The van der Waals surface area contributed by atoms with Crippen LogP contribution in [0.1, 0.15) is 11.1 Å². The summed E-state index contributed by atoms with van der Waals surface area (Å²) < 4.78 is 29.4. The average Bonchev–Trinajstić information content (AvgIpc) is 2.98. The highest BCUT2D eigenvalue weighted by molar-refractivity contribution is 6.32. The Labute approximate surface area is 148 Å². The molecule has 2 aromatic carbocycles. The molecule has 2 aromatic rings. The predicted molar refractivity (Wildman–Crippen MR) is 91.6 cm³/mol. The summed E-state index contributed by atoms with van der Waals surface area (Å²) in [5.74, 6) is -0.158. The van der Waals surface area contributed by atoms with E-state index < -0.39 is 11.8 Å². The van der Waals surface area contributed by atoms with Crippen molar-refractivity contribution in [3.63, 3.8) is 0 Å². The molecule has 128 valence electrons. The summed E-state index contributed by atoms with van der Waals surface area (Å²) in [6, 6.07) is 9.22. The van der Waals surface area contributed by atoms with E-state index in [1.165, 1.54) is 38.5 Å². The fourth-order valence-corrected chi connectivity index (χ4v) is 2.50. The molecule has 0 radical (unpaired) electrons. The van der Waals surface area contributed by atoms with Crippen molar-refractivity contribution in [2.75, 3.05) is 14.2 Å². The first-order valence-corrected chi connectivity index (χ1v) is 7.60. The molecule has 0 aliphatic carbocycles. The van der Waals surface area contributed by atoms with Crippen molar-refractivity contribution in [1.82, 2.24) is 0 Å². The quantitative estimate of drug-likeness (QED) is 0.613. The number of halogens is 2. The molecule has 0 amide bonds. The van der Waals surface area contributed by atoms with Gasteiger partial charge in [0.2, 0.25) is 5.90 Å². The summed E-state index contributed by atoms with van der Waals surface area (Å²) in [7, 11) is 3.01. The van der Waals surface area contributed by atoms with Crippen LogP contribution in [0.4, 0.5) is 4.39 Å². The minimum Gasteiger partial charge on any atom is -0.493 e. The molecule has 3 rings (SSSR count). The second kappa shape index (κ2) is 6.94. The number of carbonyl (C=O) groups excluding carboxylic acids is 1. The van der Waals surface area contributed by atoms with Crippen LogP contribution in [-0.4, -0.2) is 26.1 Å². The van der Waals surface area contributed by atoms with Gasteiger partial charge >= 0.3 is 5.97 Å². The zero-order valence-corrected chi connectivity index (χ0v) is 14.1. The Kier molecular flexibility index (Phi) is 4.72. The van der Waals surface area contributed by atoms with E-state index in [0.717, 1.165) is 0 Å². The minimum absolute atomic E-state index is 0.0446. The van der Waals surface area contributed by atoms with Crippen LogP contribution in [0.5, 0.6) is 11.5 Å². The Balaban J connectivity index is 1.99. The predicted octanol–water partition coefficient (Wildman–Crippen LogP) is 3.84. The molecule has 0 fully saturated rings. The number of esters is 1. The van der Waals surface area contributed by atoms with Gasteiger partial charge in [0.05, 0.1) is 19.2 Å². The number of benzene rings is 2. The Bertz CT molecular complexity index is 888. The molecule has 25 heavy (non-hydrogen) atoms. The molecule has 1 aliphatic heterocycles. The fraction of sp³-hybridized carbons (Fsp3) is 0.111. The maximum atomic E-state index is 13.9. The van der Waals surface area contributed by atoms with E-state index in [1.54, 1.807) is 18.2 Å². The van der Waals surface area contributed by atoms with Crippen molar-refractivity contribution >= 4 is 29.5 Å². The van der Waals surface area contributed by atoms with E-state index in [0.29, 0.717) is 17.1 Å². The van der Waals surface area contributed by atoms with Crippen molar-refractivity contribution in [1.29, 1.82) is 0 Å². The molecular formula is C18H13ClFNO4. The fourth-order valence-electron chi connectivity index (χ4n) is 2.29. The van der Waals surface area contributed by atoms with Crippen LogP contribution in [0.15, 0.2) is 47.1 Å². The Morgan fingerprint density at radius 1 is 1.16 bits per heavy atom. The molecule has 0 unspecified atom stereocenters. The summed E-state index contributed by atoms with van der Waals surface area (Å²) in [5, 5.41) is 0.176. The summed E-state index contributed by atoms with van der Waals surface area (Å²) in [6.07, 6.45) is 1.26. The Hall–Kier alpha value is -2.86. The van der Waals surface area contributed by atoms with Crippen molar-refractivity contribution in [3.05, 3.63) is 64.1 Å². The second-order valence-corrected chi connectivity index (χ2v) is 5.45. The number of aliphatic imine (C=N–C) groups is 1. The smallest absolute Gasteiger partial charge is 0.363 e. The van der Waals surface area contributed by atoms with Gasteiger partial charge in [0.25, 0.3) is 0 Å². The molecule has 0 saturated carbocycles. The molecule has 1 heterocycles. The number of hydrogen-bond acceptors (Lipinski definition) is 5. The number of rotatable bonds is 4. The number of cyclic esters (lactones) is 1. The van der Waals surface area contributed by atoms with Gasteiger partial charge in [-0.15, -0.1) is 0 Å². The van der Waals surface area contributed by atoms with Gasteiger partial charge in [0.15, 0.2) is 17.2 Å². The van der Waals surface area contributed by atoms with Crippen LogP contribution in [0.2, 0.25) is 5.02 Å². The maximum absolute atomic E-state index is 13.9. The number of methoxy groups -OCH3 is 2. The first-order chi connectivity index (χ1) is 12.0. The molecule has 0 bridgehead atoms. The van der Waals surface area contributed by atoms with Gasteiger partial charge in [-0.25, -0.2) is 14.2 Å². The summed E-state index contributed by atoms with van der Waals surface area (Å²) in [6.45, 7) is 0. The number of ether oxygens (including phenoxy) is 3. The van der Waals surface area contributed by atoms with E-state index in [2.05, 4.69) is 4.99 Å². The lowest BCUT2D eigenvalue weighted by molar-refractivity contribution is -0.129. The van der Waals surface area contributed by atoms with Gasteiger partial charge in [0.1, 0.15) is 5.82 Å². The first kappa shape index (κ1) is 17.0. The summed E-state index contributed by atoms with van der Waals surface area (Å²) in [4.78, 5) is 16.2. The van der Waals surface area contributed by atoms with Gasteiger partial charge in [-0.05, 0) is 36.4 Å². The van der Waals surface area contributed by atoms with Crippen molar-refractivity contribution < 1.29 is 23.4 Å². The van der Waals surface area contributed by atoms with Gasteiger partial charge in [-0.3, -0.25) is 0 Å². The summed E-state index contributed by atoms with van der Waals surface area (Å²) in [5.41, 5.74) is 0.555. The molecule has 1 aliphatic rings. The summed E-state index contributed by atoms with van der Waals surface area (Å²) >= 11 is 5.97. The molecule has 0 saturated heterocycles. The Morgan fingerprint density at radius 2 is 1.92 bits per heavy atom. The SMILES string of the molecule is COc1ccc(C2=NC(=Cc3c(F)cccc3Cl)C(=O)O2)cc1OC. The molecule has 0 spiro atoms. The topological polar surface area (TPSA) is 57.1 Å². The normalized spacial score (nSPS) is 15.1. The van der Waals surface area contributed by atoms with Crippen LogP contribution in [0, 0.1) is 5.82 Å². The second-order valence-electron chi connectivity index (χ2n) is 5.04. The van der Waals surface area contributed by atoms with Gasteiger partial charge in [-0.2, -0.15) is 0 Å². The van der Waals surface area contributed by atoms with Crippen molar-refractivity contribution in [2.24, 2.45) is 4.99 Å². The van der Waals surface area contributed by atoms with Crippen molar-refractivity contribution in [2.45, 2.75) is 0 Å². The van der Waals surface area contributed by atoms with Gasteiger partial charge in [-0.1, -0.05) is 17.7 Å². The number of hydrogen-bond donors (Lipinski definition) is 0. The maximum Gasteiger partial charge on any atom is 0.363 e. The monoisotopic (exact) mass is 361 g/mol. The van der Waals surface area contributed by atoms with Crippen LogP contribution in [0.3, 0.4) is 0 Å². The zero-order chi connectivity index (χ0) is 18.0. The molecule has 0 atom stereocenters. The largest absolute Gasteiger partial charge is 0.493 e. The Morgan fingerprint density at radius 3 is 2.60 bits per heavy atom. The van der Waals surface area contributed by atoms with E-state index in [1.807, 2.05) is 0 Å². The highest BCUT2D eigenvalue weighted by Gasteiger charge is 2.25. The lowest BCUT2D eigenvalue weighted by Gasteiger charge is -2.08. The van der Waals surface area contributed by atoms with E-state index >= 15 is 0 Å². The minimum atomic E-state index is -0.691. The zero-order valence-electron chi connectivity index (χ0n) is 13.4. The average molecular weight is 362 g/mol. The van der Waals surface area contributed by atoms with E-state index in [4.69, 9.17) is 25.8 Å². The third-order valence-electron chi connectivity index (χ3n) is 3.53. The van der Waals surface area contributed by atoms with Crippen molar-refractivity contribution in [3.8, 4) is 11.5 Å². The first-order valence-electron chi connectivity index (χ1n) is 7.22. The molecule has 7 heteroatoms. The van der Waals surface area contributed by atoms with Gasteiger partial charge in [0, 0.05) is 11.1 Å². The molecule has 0 N–H and O–H groups in total. The highest BCUT2D eigenvalue weighted by Crippen LogP contribution is 2.30. The lowest BCUT2D eigenvalue weighted by atomic mass is 10.2. The standard InChI is InChI=1S/C18H13ClFNO4/c1-23-15-7-6-10(8-16(15)24-2)17-21-14(18(22)25-17)9-11-12(19)4-3-5-13(11)20/h3-9H,1-2H3. The third kappa shape index (κ3) is 3.34.